The van der Waals surface area contributed by atoms with Crippen molar-refractivity contribution >= 4 is 55.5 Å². The first-order valence-corrected chi connectivity index (χ1v) is 17.7. The third kappa shape index (κ3) is 8.76. The molecule has 0 bridgehead atoms. The summed E-state index contributed by atoms with van der Waals surface area (Å²) in [5.41, 5.74) is 4.55. The molecule has 0 saturated carbocycles. The molecule has 6 nitrogen and oxygen atoms in total. The number of benzene rings is 1. The average molecular weight is 740 g/mol. The molecule has 5 rings (SSSR count). The highest BCUT2D eigenvalue weighted by Crippen LogP contribution is 2.45. The van der Waals surface area contributed by atoms with Crippen LogP contribution in [0.15, 0.2) is 33.3 Å². The second-order valence-electron chi connectivity index (χ2n) is 13.1. The Morgan fingerprint density at radius 2 is 1.63 bits per heavy atom. The molecule has 0 spiro atoms. The van der Waals surface area contributed by atoms with Gasteiger partial charge in [-0.3, -0.25) is 9.78 Å². The van der Waals surface area contributed by atoms with E-state index < -0.39 is 5.60 Å². The predicted molar refractivity (Wildman–Crippen MR) is 181 cm³/mol. The number of halogens is 3. The molecule has 1 aromatic carbocycles. The van der Waals surface area contributed by atoms with E-state index in [0.717, 1.165) is 71.3 Å². The lowest BCUT2D eigenvalue weighted by atomic mass is 9.76. The number of aryl methyl sites for hydroxylation is 1. The number of nitrogens with zero attached hydrogens (tertiary/aromatic N) is 3. The lowest BCUT2D eigenvalue weighted by Gasteiger charge is -2.38. The highest BCUT2D eigenvalue weighted by atomic mass is 79.9. The molecule has 2 fully saturated rings. The molecule has 2 amide bonds. The van der Waals surface area contributed by atoms with E-state index >= 15 is 0 Å². The van der Waals surface area contributed by atoms with Crippen LogP contribution in [-0.2, 0) is 22.4 Å². The summed E-state index contributed by atoms with van der Waals surface area (Å²) in [5.74, 6) is 1.14. The van der Waals surface area contributed by atoms with Crippen LogP contribution >= 0.6 is 43.5 Å². The Bertz CT molecular complexity index is 1280. The first kappa shape index (κ1) is 34.2. The van der Waals surface area contributed by atoms with E-state index in [4.69, 9.17) is 21.3 Å². The van der Waals surface area contributed by atoms with E-state index in [-0.39, 0.29) is 17.9 Å². The Morgan fingerprint density at radius 3 is 2.26 bits per heavy atom. The maximum atomic E-state index is 13.3. The Kier molecular flexibility index (Phi) is 12.0. The van der Waals surface area contributed by atoms with Gasteiger partial charge in [0.15, 0.2) is 0 Å². The lowest BCUT2D eigenvalue weighted by Crippen LogP contribution is -2.44. The Labute approximate surface area is 279 Å². The zero-order valence-corrected chi connectivity index (χ0v) is 30.2. The second kappa shape index (κ2) is 15.1. The van der Waals surface area contributed by atoms with Gasteiger partial charge in [-0.05, 0) is 132 Å². The van der Waals surface area contributed by atoms with Gasteiger partial charge in [0.2, 0.25) is 5.91 Å². The molecule has 1 aliphatic carbocycles. The van der Waals surface area contributed by atoms with E-state index in [9.17, 15) is 9.59 Å². The lowest BCUT2D eigenvalue weighted by molar-refractivity contribution is -0.134. The smallest absolute Gasteiger partial charge is 0.410 e. The second-order valence-corrected chi connectivity index (χ2v) is 15.3. The normalized spacial score (nSPS) is 19.5. The molecule has 0 unspecified atom stereocenters. The number of aromatic nitrogens is 1. The Morgan fingerprint density at radius 1 is 1.00 bits per heavy atom. The number of likely N-dealkylation sites (tertiary alicyclic amines) is 2. The molecule has 43 heavy (non-hydrogen) atoms. The highest BCUT2D eigenvalue weighted by molar-refractivity contribution is 9.10. The Hall–Kier alpha value is -1.64. The van der Waals surface area contributed by atoms with Gasteiger partial charge in [0.25, 0.3) is 0 Å². The van der Waals surface area contributed by atoms with Crippen LogP contribution < -0.4 is 0 Å². The standard InChI is InChI=1S/C31H38Br2ClN3O3.C3H8/c1-31(2,3)40-30(39)37-12-8-19(9-13-37)16-26(38)36-14-10-20(11-15-36)27-23-6-7-25(34)28(33)24(23)5-4-21-17-22(32)18-35-29(21)27;1-3-2/h6-7,17-20,27H,4-5,8-16H2,1-3H3;3H2,1-2H3/t27-;/m0./s1. The van der Waals surface area contributed by atoms with E-state index in [1.165, 1.54) is 23.1 Å². The number of rotatable bonds is 3. The van der Waals surface area contributed by atoms with Crippen molar-refractivity contribution in [2.45, 2.75) is 97.5 Å². The number of hydrogen-bond donors (Lipinski definition) is 0. The van der Waals surface area contributed by atoms with Gasteiger partial charge in [0, 0.05) is 53.7 Å². The number of carbonyl (C=O) groups excluding carboxylic acids is 2. The summed E-state index contributed by atoms with van der Waals surface area (Å²) in [6.45, 7) is 12.8. The van der Waals surface area contributed by atoms with Crippen LogP contribution in [0.3, 0.4) is 0 Å². The fraction of sp³-hybridized carbons (Fsp3) is 0.618. The van der Waals surface area contributed by atoms with Crippen molar-refractivity contribution in [3.63, 3.8) is 0 Å². The van der Waals surface area contributed by atoms with E-state index in [0.29, 0.717) is 31.3 Å². The van der Waals surface area contributed by atoms with Gasteiger partial charge in [0.1, 0.15) is 5.60 Å². The van der Waals surface area contributed by atoms with E-state index in [1.54, 1.807) is 4.90 Å². The van der Waals surface area contributed by atoms with Crippen molar-refractivity contribution in [3.8, 4) is 0 Å². The minimum atomic E-state index is -0.493. The van der Waals surface area contributed by atoms with Crippen LogP contribution in [0.2, 0.25) is 5.02 Å². The number of hydrogen-bond acceptors (Lipinski definition) is 4. The van der Waals surface area contributed by atoms with E-state index in [1.807, 2.05) is 33.0 Å². The maximum Gasteiger partial charge on any atom is 0.410 e. The quantitative estimate of drug-likeness (QED) is 0.315. The summed E-state index contributed by atoms with van der Waals surface area (Å²) in [6.07, 6.45) is 8.89. The van der Waals surface area contributed by atoms with Crippen LogP contribution in [0, 0.1) is 11.8 Å². The molecular weight excluding hydrogens is 694 g/mol. The van der Waals surface area contributed by atoms with Crippen molar-refractivity contribution in [3.05, 3.63) is 60.7 Å². The van der Waals surface area contributed by atoms with Crippen molar-refractivity contribution in [1.82, 2.24) is 14.8 Å². The third-order valence-corrected chi connectivity index (χ3v) is 10.5. The number of piperidine rings is 2. The van der Waals surface area contributed by atoms with Gasteiger partial charge in [-0.1, -0.05) is 37.9 Å². The summed E-state index contributed by atoms with van der Waals surface area (Å²) in [5, 5.41) is 0.745. The van der Waals surface area contributed by atoms with Gasteiger partial charge in [-0.2, -0.15) is 0 Å². The summed E-state index contributed by atoms with van der Waals surface area (Å²) in [7, 11) is 0. The summed E-state index contributed by atoms with van der Waals surface area (Å²) >= 11 is 13.9. The van der Waals surface area contributed by atoms with Crippen LogP contribution in [0.1, 0.15) is 101 Å². The minimum absolute atomic E-state index is 0.184. The zero-order valence-electron chi connectivity index (χ0n) is 26.2. The first-order chi connectivity index (χ1) is 20.4. The minimum Gasteiger partial charge on any atom is -0.444 e. The van der Waals surface area contributed by atoms with Gasteiger partial charge in [0.05, 0.1) is 10.7 Å². The molecule has 2 saturated heterocycles. The summed E-state index contributed by atoms with van der Waals surface area (Å²) in [6, 6.07) is 6.39. The molecule has 0 N–H and O–H groups in total. The molecule has 3 aliphatic rings. The van der Waals surface area contributed by atoms with Crippen molar-refractivity contribution in [1.29, 1.82) is 0 Å². The number of ether oxygens (including phenoxy) is 1. The molecule has 1 atom stereocenters. The molecule has 1 aromatic heterocycles. The number of pyridine rings is 1. The molecule has 9 heteroatoms. The molecule has 2 aromatic rings. The molecule has 2 aliphatic heterocycles. The largest absolute Gasteiger partial charge is 0.444 e. The van der Waals surface area contributed by atoms with Crippen LogP contribution in [0.5, 0.6) is 0 Å². The fourth-order valence-electron chi connectivity index (χ4n) is 6.51. The fourth-order valence-corrected chi connectivity index (χ4v) is 7.63. The van der Waals surface area contributed by atoms with Crippen LogP contribution in [-0.4, -0.2) is 58.6 Å². The first-order valence-electron chi connectivity index (χ1n) is 15.8. The van der Waals surface area contributed by atoms with E-state index in [2.05, 4.69) is 62.7 Å². The summed E-state index contributed by atoms with van der Waals surface area (Å²) in [4.78, 5) is 34.5. The van der Waals surface area contributed by atoms with Gasteiger partial charge < -0.3 is 14.5 Å². The van der Waals surface area contributed by atoms with Crippen molar-refractivity contribution < 1.29 is 14.3 Å². The monoisotopic (exact) mass is 737 g/mol. The topological polar surface area (TPSA) is 62.7 Å². The van der Waals surface area contributed by atoms with Gasteiger partial charge >= 0.3 is 6.09 Å². The zero-order chi connectivity index (χ0) is 31.3. The van der Waals surface area contributed by atoms with Gasteiger partial charge in [-0.15, -0.1) is 0 Å². The molecule has 3 heterocycles. The van der Waals surface area contributed by atoms with Crippen LogP contribution in [0.4, 0.5) is 4.79 Å². The van der Waals surface area contributed by atoms with Gasteiger partial charge in [-0.25, -0.2) is 4.79 Å². The SMILES string of the molecule is CC(C)(C)OC(=O)N1CCC(CC(=O)N2CCC([C@H]3c4ccc(Cl)c(Br)c4CCc4cc(Br)cnc43)CC2)CC1.CCC. The number of amides is 2. The highest BCUT2D eigenvalue weighted by Gasteiger charge is 2.36. The molecular formula is C34H46Br2ClN3O3. The summed E-state index contributed by atoms with van der Waals surface area (Å²) < 4.78 is 7.51. The number of carbonyl (C=O) groups is 2. The molecule has 236 valence electrons. The number of fused-ring (bicyclic) bond motifs is 2. The van der Waals surface area contributed by atoms with Crippen molar-refractivity contribution in [2.75, 3.05) is 26.2 Å². The van der Waals surface area contributed by atoms with Crippen LogP contribution in [0.25, 0.3) is 0 Å². The average Bonchev–Trinajstić information content (AvgIpc) is 3.12. The predicted octanol–water partition coefficient (Wildman–Crippen LogP) is 9.18. The van der Waals surface area contributed by atoms with Crippen molar-refractivity contribution in [2.24, 2.45) is 11.8 Å². The maximum absolute atomic E-state index is 13.3. The Balaban J connectivity index is 0.00000135. The molecule has 0 radical (unpaired) electrons. The third-order valence-electron chi connectivity index (χ3n) is 8.57.